The third-order valence-corrected chi connectivity index (χ3v) is 4.49. The van der Waals surface area contributed by atoms with E-state index in [0.29, 0.717) is 17.5 Å². The number of aliphatic imine (C=N–C) groups is 1. The van der Waals surface area contributed by atoms with Crippen molar-refractivity contribution in [1.29, 1.82) is 0 Å². The summed E-state index contributed by atoms with van der Waals surface area (Å²) in [6, 6.07) is 7.62. The molecule has 0 spiro atoms. The maximum Gasteiger partial charge on any atom is 0.196 e. The predicted octanol–water partition coefficient (Wildman–Crippen LogP) is 2.85. The molecule has 0 fully saturated rings. The number of guanidine groups is 1. The molecule has 1 unspecified atom stereocenters. The van der Waals surface area contributed by atoms with Gasteiger partial charge in [0.25, 0.3) is 0 Å². The fourth-order valence-corrected chi connectivity index (χ4v) is 3.28. The third-order valence-electron chi connectivity index (χ3n) is 3.23. The smallest absolute Gasteiger partial charge is 0.196 e. The third kappa shape index (κ3) is 1.99. The first-order valence-corrected chi connectivity index (χ1v) is 7.13. The Labute approximate surface area is 120 Å². The van der Waals surface area contributed by atoms with Crippen LogP contribution in [0.15, 0.2) is 40.8 Å². The van der Waals surface area contributed by atoms with Gasteiger partial charge >= 0.3 is 0 Å². The number of hydrogen-bond donors (Lipinski definition) is 1. The monoisotopic (exact) mass is 292 g/mol. The number of rotatable bonds is 2. The van der Waals surface area contributed by atoms with E-state index in [4.69, 9.17) is 17.3 Å². The second kappa shape index (κ2) is 4.51. The van der Waals surface area contributed by atoms with Crippen molar-refractivity contribution < 1.29 is 0 Å². The summed E-state index contributed by atoms with van der Waals surface area (Å²) in [5.74, 6) is 0.500. The zero-order valence-electron chi connectivity index (χ0n) is 10.4. The minimum Gasteiger partial charge on any atom is -0.369 e. The van der Waals surface area contributed by atoms with E-state index in [2.05, 4.69) is 16.9 Å². The van der Waals surface area contributed by atoms with Gasteiger partial charge in [-0.3, -0.25) is 9.89 Å². The van der Waals surface area contributed by atoms with Gasteiger partial charge in [-0.05, 0) is 25.1 Å². The molecule has 0 saturated heterocycles. The summed E-state index contributed by atoms with van der Waals surface area (Å²) in [7, 11) is 0. The number of hydrogen-bond acceptors (Lipinski definition) is 5. The standard InChI is InChI=1S/C13H13ClN4S/c1-13(11-16-5-6-19-11)8-17-12(15)18(13)10-4-2-3-9(14)7-10/h2-7H,8H2,1H3,(H2,15,17). The molecule has 2 heterocycles. The van der Waals surface area contributed by atoms with Crippen molar-refractivity contribution in [2.24, 2.45) is 10.7 Å². The fourth-order valence-electron chi connectivity index (χ4n) is 2.31. The van der Waals surface area contributed by atoms with Crippen LogP contribution in [0.1, 0.15) is 11.9 Å². The lowest BCUT2D eigenvalue weighted by molar-refractivity contribution is 0.529. The average molecular weight is 293 g/mol. The topological polar surface area (TPSA) is 54.5 Å². The van der Waals surface area contributed by atoms with Crippen LogP contribution in [0.5, 0.6) is 0 Å². The summed E-state index contributed by atoms with van der Waals surface area (Å²) in [6.45, 7) is 2.69. The van der Waals surface area contributed by atoms with Gasteiger partial charge in [-0.15, -0.1) is 11.3 Å². The van der Waals surface area contributed by atoms with Crippen LogP contribution in [0.2, 0.25) is 5.02 Å². The molecule has 1 atom stereocenters. The molecule has 1 aliphatic rings. The molecule has 1 aromatic carbocycles. The molecule has 19 heavy (non-hydrogen) atoms. The Morgan fingerprint density at radius 2 is 2.32 bits per heavy atom. The van der Waals surface area contributed by atoms with Gasteiger partial charge in [0.05, 0.1) is 6.54 Å². The first-order chi connectivity index (χ1) is 9.11. The zero-order valence-corrected chi connectivity index (χ0v) is 11.9. The van der Waals surface area contributed by atoms with Crippen LogP contribution in [0.25, 0.3) is 0 Å². The van der Waals surface area contributed by atoms with Gasteiger partial charge in [-0.2, -0.15) is 0 Å². The Hall–Kier alpha value is -1.59. The quantitative estimate of drug-likeness (QED) is 0.926. The number of benzene rings is 1. The van der Waals surface area contributed by atoms with E-state index in [1.807, 2.05) is 34.5 Å². The second-order valence-electron chi connectivity index (χ2n) is 4.60. The lowest BCUT2D eigenvalue weighted by Gasteiger charge is -2.34. The molecule has 98 valence electrons. The molecule has 2 N–H and O–H groups in total. The molecule has 3 rings (SSSR count). The van der Waals surface area contributed by atoms with Crippen molar-refractivity contribution in [3.63, 3.8) is 0 Å². The molecule has 2 aromatic rings. The van der Waals surface area contributed by atoms with E-state index in [-0.39, 0.29) is 5.54 Å². The molecule has 4 nitrogen and oxygen atoms in total. The van der Waals surface area contributed by atoms with Gasteiger partial charge in [0, 0.05) is 22.3 Å². The Morgan fingerprint density at radius 3 is 3.00 bits per heavy atom. The SMILES string of the molecule is CC1(c2nccs2)CN=C(N)N1c1cccc(Cl)c1. The van der Waals surface area contributed by atoms with Gasteiger partial charge in [0.1, 0.15) is 10.5 Å². The Balaban J connectivity index is 2.09. The highest BCUT2D eigenvalue weighted by molar-refractivity contribution is 7.09. The predicted molar refractivity (Wildman–Crippen MR) is 79.9 cm³/mol. The maximum absolute atomic E-state index is 6.07. The lowest BCUT2D eigenvalue weighted by Crippen LogP contribution is -2.47. The Kier molecular flexibility index (Phi) is 2.95. The van der Waals surface area contributed by atoms with Crippen molar-refractivity contribution in [2.75, 3.05) is 11.4 Å². The van der Waals surface area contributed by atoms with Gasteiger partial charge in [-0.25, -0.2) is 4.98 Å². The van der Waals surface area contributed by atoms with Crippen LogP contribution in [-0.4, -0.2) is 17.5 Å². The van der Waals surface area contributed by atoms with E-state index in [1.165, 1.54) is 0 Å². The van der Waals surface area contributed by atoms with Crippen LogP contribution >= 0.6 is 22.9 Å². The normalized spacial score (nSPS) is 22.6. The number of anilines is 1. The van der Waals surface area contributed by atoms with E-state index in [1.54, 1.807) is 17.5 Å². The van der Waals surface area contributed by atoms with Gasteiger partial charge in [0.15, 0.2) is 5.96 Å². The largest absolute Gasteiger partial charge is 0.369 e. The van der Waals surface area contributed by atoms with Crippen LogP contribution in [0.3, 0.4) is 0 Å². The molecule has 0 saturated carbocycles. The van der Waals surface area contributed by atoms with Gasteiger partial charge in [0.2, 0.25) is 0 Å². The van der Waals surface area contributed by atoms with E-state index >= 15 is 0 Å². The number of thiazole rings is 1. The minimum atomic E-state index is -0.344. The average Bonchev–Trinajstić information content (AvgIpc) is 2.99. The first-order valence-electron chi connectivity index (χ1n) is 5.87. The van der Waals surface area contributed by atoms with E-state index < -0.39 is 0 Å². The van der Waals surface area contributed by atoms with Gasteiger partial charge in [-0.1, -0.05) is 17.7 Å². The summed E-state index contributed by atoms with van der Waals surface area (Å²) < 4.78 is 0. The number of aromatic nitrogens is 1. The number of halogens is 1. The number of nitrogens with zero attached hydrogens (tertiary/aromatic N) is 3. The molecular weight excluding hydrogens is 280 g/mol. The summed E-state index contributed by atoms with van der Waals surface area (Å²) in [4.78, 5) is 10.8. The van der Waals surface area contributed by atoms with Crippen molar-refractivity contribution in [1.82, 2.24) is 4.98 Å². The molecule has 1 aliphatic heterocycles. The highest BCUT2D eigenvalue weighted by Crippen LogP contribution is 2.38. The molecule has 1 aromatic heterocycles. The molecule has 0 bridgehead atoms. The molecular formula is C13H13ClN4S. The molecule has 6 heteroatoms. The highest BCUT2D eigenvalue weighted by Gasteiger charge is 2.42. The van der Waals surface area contributed by atoms with Crippen LogP contribution in [0.4, 0.5) is 5.69 Å². The van der Waals surface area contributed by atoms with Gasteiger partial charge < -0.3 is 5.73 Å². The lowest BCUT2D eigenvalue weighted by atomic mass is 10.0. The summed E-state index contributed by atoms with van der Waals surface area (Å²) in [5, 5.41) is 3.64. The summed E-state index contributed by atoms with van der Waals surface area (Å²) in [6.07, 6.45) is 1.80. The van der Waals surface area contributed by atoms with Crippen molar-refractivity contribution in [3.05, 3.63) is 45.9 Å². The van der Waals surface area contributed by atoms with E-state index in [0.717, 1.165) is 10.7 Å². The first kappa shape index (κ1) is 12.4. The minimum absolute atomic E-state index is 0.344. The zero-order chi connectivity index (χ0) is 13.5. The summed E-state index contributed by atoms with van der Waals surface area (Å²) in [5.41, 5.74) is 6.64. The van der Waals surface area contributed by atoms with Crippen LogP contribution in [-0.2, 0) is 5.54 Å². The summed E-state index contributed by atoms with van der Waals surface area (Å²) >= 11 is 7.68. The fraction of sp³-hybridized carbons (Fsp3) is 0.231. The molecule has 0 radical (unpaired) electrons. The maximum atomic E-state index is 6.07. The van der Waals surface area contributed by atoms with Crippen LogP contribution < -0.4 is 10.6 Å². The molecule has 0 amide bonds. The van der Waals surface area contributed by atoms with Crippen LogP contribution in [0, 0.1) is 0 Å². The Morgan fingerprint density at radius 1 is 1.47 bits per heavy atom. The van der Waals surface area contributed by atoms with Crippen molar-refractivity contribution in [3.8, 4) is 0 Å². The molecule has 0 aliphatic carbocycles. The number of nitrogens with two attached hydrogens (primary N) is 1. The van der Waals surface area contributed by atoms with E-state index in [9.17, 15) is 0 Å². The van der Waals surface area contributed by atoms with Crippen molar-refractivity contribution >= 4 is 34.6 Å². The highest BCUT2D eigenvalue weighted by atomic mass is 35.5. The second-order valence-corrected chi connectivity index (χ2v) is 5.93. The Bertz CT molecular complexity index is 625. The van der Waals surface area contributed by atoms with Crippen molar-refractivity contribution in [2.45, 2.75) is 12.5 Å².